The molecule has 1 atom stereocenters. The average molecular weight is 352 g/mol. The molecule has 2 aliphatic rings. The maximum Gasteiger partial charge on any atom is 0.243 e. The van der Waals surface area contributed by atoms with Gasteiger partial charge in [-0.05, 0) is 43.9 Å². The fraction of sp³-hybridized carbons (Fsp3) is 0.588. The largest absolute Gasteiger partial charge is 0.487 e. The minimum atomic E-state index is -3.54. The Morgan fingerprint density at radius 1 is 1.21 bits per heavy atom. The number of rotatable bonds is 2. The lowest BCUT2D eigenvalue weighted by atomic mass is 10.0. The van der Waals surface area contributed by atoms with Crippen LogP contribution in [0.2, 0.25) is 0 Å². The third-order valence-electron chi connectivity index (χ3n) is 4.75. The zero-order valence-corrected chi connectivity index (χ0v) is 15.2. The summed E-state index contributed by atoms with van der Waals surface area (Å²) in [5.74, 6) is 0.992. The summed E-state index contributed by atoms with van der Waals surface area (Å²) in [6.07, 6.45) is 1.64. The fourth-order valence-corrected chi connectivity index (χ4v) is 4.74. The standard InChI is InChI=1S/C17H24N2O4S/c1-12-6-8-18(9-7-12)24(21,22)15-4-5-17-16(10-15)19(14(3)20)11-13(2)23-17/h4-5,10,12-13H,6-9,11H2,1-3H3. The number of carbonyl (C=O) groups excluding carboxylic acids is 1. The summed E-state index contributed by atoms with van der Waals surface area (Å²) in [6, 6.07) is 4.79. The number of sulfonamides is 1. The molecule has 7 heteroatoms. The summed E-state index contributed by atoms with van der Waals surface area (Å²) in [6.45, 7) is 7.03. The normalized spacial score (nSPS) is 22.8. The van der Waals surface area contributed by atoms with Crippen LogP contribution in [0.4, 0.5) is 5.69 Å². The molecule has 2 heterocycles. The summed E-state index contributed by atoms with van der Waals surface area (Å²) in [4.78, 5) is 13.7. The van der Waals surface area contributed by atoms with Gasteiger partial charge in [0.1, 0.15) is 11.9 Å². The molecule has 0 radical (unpaired) electrons. The molecule has 1 fully saturated rings. The monoisotopic (exact) mass is 352 g/mol. The second-order valence-corrected chi connectivity index (χ2v) is 8.71. The highest BCUT2D eigenvalue weighted by atomic mass is 32.2. The Kier molecular flexibility index (Phi) is 4.57. The molecule has 2 aliphatic heterocycles. The smallest absolute Gasteiger partial charge is 0.243 e. The SMILES string of the molecule is CC(=O)N1CC(C)Oc2ccc(S(=O)(=O)N3CCC(C)CC3)cc21. The van der Waals surface area contributed by atoms with Crippen molar-refractivity contribution >= 4 is 21.6 Å². The molecule has 132 valence electrons. The number of nitrogens with zero attached hydrogens (tertiary/aromatic N) is 2. The van der Waals surface area contributed by atoms with Gasteiger partial charge in [0.15, 0.2) is 0 Å². The topological polar surface area (TPSA) is 66.9 Å². The highest BCUT2D eigenvalue weighted by molar-refractivity contribution is 7.89. The van der Waals surface area contributed by atoms with Gasteiger partial charge in [-0.15, -0.1) is 0 Å². The van der Waals surface area contributed by atoms with Crippen molar-refractivity contribution < 1.29 is 17.9 Å². The highest BCUT2D eigenvalue weighted by Crippen LogP contribution is 2.36. The van der Waals surface area contributed by atoms with Gasteiger partial charge in [-0.1, -0.05) is 6.92 Å². The van der Waals surface area contributed by atoms with Crippen LogP contribution >= 0.6 is 0 Å². The van der Waals surface area contributed by atoms with E-state index < -0.39 is 10.0 Å². The molecule has 0 N–H and O–H groups in total. The van der Waals surface area contributed by atoms with E-state index in [1.807, 2.05) is 6.92 Å². The van der Waals surface area contributed by atoms with E-state index in [1.165, 1.54) is 6.92 Å². The zero-order chi connectivity index (χ0) is 17.5. The molecule has 24 heavy (non-hydrogen) atoms. The first-order valence-electron chi connectivity index (χ1n) is 8.38. The highest BCUT2D eigenvalue weighted by Gasteiger charge is 2.31. The fourth-order valence-electron chi connectivity index (χ4n) is 3.25. The number of ether oxygens (including phenoxy) is 1. The van der Waals surface area contributed by atoms with E-state index in [1.54, 1.807) is 27.4 Å². The van der Waals surface area contributed by atoms with E-state index in [0.717, 1.165) is 12.8 Å². The van der Waals surface area contributed by atoms with Crippen LogP contribution in [0, 0.1) is 5.92 Å². The summed E-state index contributed by atoms with van der Waals surface area (Å²) < 4.78 is 33.1. The van der Waals surface area contributed by atoms with Crippen LogP contribution in [0.1, 0.15) is 33.6 Å². The van der Waals surface area contributed by atoms with Crippen molar-refractivity contribution in [2.75, 3.05) is 24.5 Å². The van der Waals surface area contributed by atoms with Crippen molar-refractivity contribution in [2.45, 2.75) is 44.6 Å². The molecular weight excluding hydrogens is 328 g/mol. The Balaban J connectivity index is 1.95. The second kappa shape index (κ2) is 6.37. The van der Waals surface area contributed by atoms with Gasteiger partial charge >= 0.3 is 0 Å². The number of hydrogen-bond acceptors (Lipinski definition) is 4. The van der Waals surface area contributed by atoms with Crippen LogP contribution < -0.4 is 9.64 Å². The van der Waals surface area contributed by atoms with E-state index in [2.05, 4.69) is 6.92 Å². The Hall–Kier alpha value is -1.60. The Labute approximate surface area is 143 Å². The molecule has 1 amide bonds. The molecule has 1 aromatic carbocycles. The van der Waals surface area contributed by atoms with Crippen LogP contribution in [-0.2, 0) is 14.8 Å². The molecular formula is C17H24N2O4S. The van der Waals surface area contributed by atoms with Crippen LogP contribution in [-0.4, -0.2) is 44.4 Å². The van der Waals surface area contributed by atoms with Gasteiger partial charge in [0.2, 0.25) is 15.9 Å². The number of hydrogen-bond donors (Lipinski definition) is 0. The minimum Gasteiger partial charge on any atom is -0.487 e. The molecule has 0 saturated carbocycles. The lowest BCUT2D eigenvalue weighted by Gasteiger charge is -2.34. The van der Waals surface area contributed by atoms with Crippen LogP contribution in [0.15, 0.2) is 23.1 Å². The quantitative estimate of drug-likeness (QED) is 0.819. The van der Waals surface area contributed by atoms with Crippen molar-refractivity contribution in [2.24, 2.45) is 5.92 Å². The number of anilines is 1. The van der Waals surface area contributed by atoms with E-state index in [0.29, 0.717) is 37.0 Å². The van der Waals surface area contributed by atoms with Gasteiger partial charge in [-0.2, -0.15) is 4.31 Å². The number of benzene rings is 1. The Morgan fingerprint density at radius 2 is 1.88 bits per heavy atom. The van der Waals surface area contributed by atoms with Crippen LogP contribution in [0.5, 0.6) is 5.75 Å². The van der Waals surface area contributed by atoms with Crippen molar-refractivity contribution in [1.82, 2.24) is 4.31 Å². The zero-order valence-electron chi connectivity index (χ0n) is 14.4. The van der Waals surface area contributed by atoms with Crippen molar-refractivity contribution in [3.8, 4) is 5.75 Å². The number of carbonyl (C=O) groups is 1. The first kappa shape index (κ1) is 17.2. The Morgan fingerprint density at radius 3 is 2.50 bits per heavy atom. The molecule has 3 rings (SSSR count). The van der Waals surface area contributed by atoms with Crippen molar-refractivity contribution in [3.63, 3.8) is 0 Å². The van der Waals surface area contributed by atoms with Crippen LogP contribution in [0.3, 0.4) is 0 Å². The third kappa shape index (κ3) is 3.15. The molecule has 1 unspecified atom stereocenters. The van der Waals surface area contributed by atoms with Gasteiger partial charge in [-0.25, -0.2) is 8.42 Å². The number of fused-ring (bicyclic) bond motifs is 1. The second-order valence-electron chi connectivity index (χ2n) is 6.77. The van der Waals surface area contributed by atoms with E-state index in [-0.39, 0.29) is 16.9 Å². The molecule has 6 nitrogen and oxygen atoms in total. The maximum atomic E-state index is 12.9. The molecule has 0 aromatic heterocycles. The Bertz CT molecular complexity index is 739. The lowest BCUT2D eigenvalue weighted by molar-refractivity contribution is -0.117. The van der Waals surface area contributed by atoms with E-state index in [9.17, 15) is 13.2 Å². The first-order valence-corrected chi connectivity index (χ1v) is 9.82. The predicted octanol–water partition coefficient (Wildman–Crippen LogP) is 2.24. The maximum absolute atomic E-state index is 12.9. The van der Waals surface area contributed by atoms with Gasteiger partial charge in [0.05, 0.1) is 17.1 Å². The minimum absolute atomic E-state index is 0.118. The molecule has 0 spiro atoms. The van der Waals surface area contributed by atoms with Crippen LogP contribution in [0.25, 0.3) is 0 Å². The summed E-state index contributed by atoms with van der Waals surface area (Å²) in [7, 11) is -3.54. The first-order chi connectivity index (χ1) is 11.3. The number of piperidine rings is 1. The van der Waals surface area contributed by atoms with Gasteiger partial charge in [0, 0.05) is 20.0 Å². The van der Waals surface area contributed by atoms with Gasteiger partial charge in [0.25, 0.3) is 0 Å². The number of amides is 1. The molecule has 1 saturated heterocycles. The summed E-state index contributed by atoms with van der Waals surface area (Å²) >= 11 is 0. The predicted molar refractivity (Wildman–Crippen MR) is 91.7 cm³/mol. The summed E-state index contributed by atoms with van der Waals surface area (Å²) in [5, 5.41) is 0. The molecule has 0 bridgehead atoms. The van der Waals surface area contributed by atoms with Crippen molar-refractivity contribution in [1.29, 1.82) is 0 Å². The van der Waals surface area contributed by atoms with E-state index >= 15 is 0 Å². The molecule has 0 aliphatic carbocycles. The van der Waals surface area contributed by atoms with Gasteiger partial charge < -0.3 is 9.64 Å². The third-order valence-corrected chi connectivity index (χ3v) is 6.64. The lowest BCUT2D eigenvalue weighted by Crippen LogP contribution is -2.41. The average Bonchev–Trinajstić information content (AvgIpc) is 2.53. The molecule has 1 aromatic rings. The van der Waals surface area contributed by atoms with E-state index in [4.69, 9.17) is 4.74 Å². The summed E-state index contributed by atoms with van der Waals surface area (Å²) in [5.41, 5.74) is 0.534. The van der Waals surface area contributed by atoms with Crippen molar-refractivity contribution in [3.05, 3.63) is 18.2 Å². The van der Waals surface area contributed by atoms with Gasteiger partial charge in [-0.3, -0.25) is 4.79 Å².